The molecule has 16 heavy (non-hydrogen) atoms. The lowest BCUT2D eigenvalue weighted by atomic mass is 10.2. The lowest BCUT2D eigenvalue weighted by Gasteiger charge is -2.09. The molecule has 0 amide bonds. The van der Waals surface area contributed by atoms with E-state index in [0.29, 0.717) is 18.3 Å². The molecule has 0 unspecified atom stereocenters. The largest absolute Gasteiger partial charge is 0.378 e. The Balaban J connectivity index is 2.50. The van der Waals surface area contributed by atoms with Crippen LogP contribution in [0.15, 0.2) is 24.3 Å². The third-order valence-electron chi connectivity index (χ3n) is 2.09. The molecular weight excluding hydrogens is 206 g/mol. The van der Waals surface area contributed by atoms with Crippen LogP contribution in [0.5, 0.6) is 0 Å². The van der Waals surface area contributed by atoms with Crippen LogP contribution in [0.2, 0.25) is 0 Å². The van der Waals surface area contributed by atoms with E-state index in [1.54, 1.807) is 18.2 Å². The summed E-state index contributed by atoms with van der Waals surface area (Å²) in [5, 5.41) is 17.0. The van der Waals surface area contributed by atoms with Crippen LogP contribution in [0.1, 0.15) is 13.8 Å². The molecule has 1 aromatic carbocycles. The van der Waals surface area contributed by atoms with E-state index < -0.39 is 0 Å². The van der Waals surface area contributed by atoms with E-state index in [1.807, 2.05) is 0 Å². The zero-order valence-electron chi connectivity index (χ0n) is 9.56. The maximum atomic E-state index is 10.7. The van der Waals surface area contributed by atoms with Gasteiger partial charge in [0.15, 0.2) is 0 Å². The predicted molar refractivity (Wildman–Crippen MR) is 64.7 cm³/mol. The lowest BCUT2D eigenvalue weighted by Crippen LogP contribution is -2.28. The third kappa shape index (κ3) is 3.86. The molecule has 1 aromatic rings. The molecule has 0 spiro atoms. The Bertz CT molecular complexity index is 353. The predicted octanol–water partition coefficient (Wildman–Crippen LogP) is 2.00. The van der Waals surface area contributed by atoms with Crippen molar-refractivity contribution in [1.82, 2.24) is 5.32 Å². The van der Waals surface area contributed by atoms with Gasteiger partial charge in [-0.1, -0.05) is 26.0 Å². The van der Waals surface area contributed by atoms with Gasteiger partial charge < -0.3 is 10.6 Å². The van der Waals surface area contributed by atoms with Crippen molar-refractivity contribution in [3.05, 3.63) is 34.4 Å². The van der Waals surface area contributed by atoms with Crippen molar-refractivity contribution in [1.29, 1.82) is 0 Å². The second-order valence-corrected chi connectivity index (χ2v) is 3.81. The summed E-state index contributed by atoms with van der Waals surface area (Å²) in [6.45, 7) is 5.57. The smallest absolute Gasteiger partial charge is 0.292 e. The molecule has 0 radical (unpaired) electrons. The highest BCUT2D eigenvalue weighted by molar-refractivity contribution is 5.60. The Kier molecular flexibility index (Phi) is 4.72. The highest BCUT2D eigenvalue weighted by Crippen LogP contribution is 2.22. The van der Waals surface area contributed by atoms with Crippen molar-refractivity contribution in [2.24, 2.45) is 0 Å². The molecule has 0 atom stereocenters. The minimum Gasteiger partial charge on any atom is -0.378 e. The van der Waals surface area contributed by atoms with E-state index in [2.05, 4.69) is 24.5 Å². The molecular formula is C11H17N3O2. The molecule has 88 valence electrons. The molecule has 2 N–H and O–H groups in total. The van der Waals surface area contributed by atoms with Crippen molar-refractivity contribution in [3.63, 3.8) is 0 Å². The van der Waals surface area contributed by atoms with E-state index in [4.69, 9.17) is 0 Å². The van der Waals surface area contributed by atoms with Gasteiger partial charge in [-0.3, -0.25) is 10.1 Å². The number of hydrogen-bond acceptors (Lipinski definition) is 4. The standard InChI is InChI=1S/C11H17N3O2/c1-9(2)12-7-8-13-10-5-3-4-6-11(10)14(15)16/h3-6,9,12-13H,7-8H2,1-2H3. The average molecular weight is 223 g/mol. The first kappa shape index (κ1) is 12.4. The van der Waals surface area contributed by atoms with Crippen LogP contribution in [0, 0.1) is 10.1 Å². The van der Waals surface area contributed by atoms with Gasteiger partial charge in [-0.15, -0.1) is 0 Å². The molecule has 0 aromatic heterocycles. The van der Waals surface area contributed by atoms with Gasteiger partial charge in [0.25, 0.3) is 5.69 Å². The van der Waals surface area contributed by atoms with Gasteiger partial charge in [0, 0.05) is 25.2 Å². The Morgan fingerprint density at radius 3 is 2.62 bits per heavy atom. The normalized spacial score (nSPS) is 10.4. The minimum atomic E-state index is -0.377. The third-order valence-corrected chi connectivity index (χ3v) is 2.09. The van der Waals surface area contributed by atoms with Crippen LogP contribution in [-0.4, -0.2) is 24.1 Å². The summed E-state index contributed by atoms with van der Waals surface area (Å²) in [5.74, 6) is 0. The van der Waals surface area contributed by atoms with E-state index >= 15 is 0 Å². The van der Waals surface area contributed by atoms with Crippen LogP contribution in [0.4, 0.5) is 11.4 Å². The molecule has 0 saturated heterocycles. The lowest BCUT2D eigenvalue weighted by molar-refractivity contribution is -0.384. The van der Waals surface area contributed by atoms with Gasteiger partial charge in [0.05, 0.1) is 4.92 Å². The zero-order chi connectivity index (χ0) is 12.0. The first-order chi connectivity index (χ1) is 7.61. The fourth-order valence-electron chi connectivity index (χ4n) is 1.34. The molecule has 5 heteroatoms. The second kappa shape index (κ2) is 6.07. The number of benzene rings is 1. The van der Waals surface area contributed by atoms with Gasteiger partial charge in [0.2, 0.25) is 0 Å². The molecule has 5 nitrogen and oxygen atoms in total. The van der Waals surface area contributed by atoms with Crippen molar-refractivity contribution >= 4 is 11.4 Å². The average Bonchev–Trinajstić information content (AvgIpc) is 2.24. The van der Waals surface area contributed by atoms with Crippen LogP contribution >= 0.6 is 0 Å². The topological polar surface area (TPSA) is 67.2 Å². The van der Waals surface area contributed by atoms with Crippen molar-refractivity contribution in [2.75, 3.05) is 18.4 Å². The highest BCUT2D eigenvalue weighted by atomic mass is 16.6. The van der Waals surface area contributed by atoms with E-state index in [-0.39, 0.29) is 10.6 Å². The Labute approximate surface area is 95.0 Å². The van der Waals surface area contributed by atoms with Crippen molar-refractivity contribution < 1.29 is 4.92 Å². The van der Waals surface area contributed by atoms with Crippen LogP contribution in [0.25, 0.3) is 0 Å². The summed E-state index contributed by atoms with van der Waals surface area (Å²) >= 11 is 0. The molecule has 0 bridgehead atoms. The first-order valence-corrected chi connectivity index (χ1v) is 5.32. The Morgan fingerprint density at radius 1 is 1.31 bits per heavy atom. The molecule has 0 fully saturated rings. The number of anilines is 1. The Hall–Kier alpha value is -1.62. The van der Waals surface area contributed by atoms with Gasteiger partial charge >= 0.3 is 0 Å². The van der Waals surface area contributed by atoms with Crippen molar-refractivity contribution in [3.8, 4) is 0 Å². The second-order valence-electron chi connectivity index (χ2n) is 3.81. The van der Waals surface area contributed by atoms with Gasteiger partial charge in [-0.2, -0.15) is 0 Å². The zero-order valence-corrected chi connectivity index (χ0v) is 9.56. The molecule has 0 saturated carbocycles. The summed E-state index contributed by atoms with van der Waals surface area (Å²) in [5.41, 5.74) is 0.685. The monoisotopic (exact) mass is 223 g/mol. The van der Waals surface area contributed by atoms with Crippen molar-refractivity contribution in [2.45, 2.75) is 19.9 Å². The Morgan fingerprint density at radius 2 is 2.00 bits per heavy atom. The number of para-hydroxylation sites is 2. The maximum absolute atomic E-state index is 10.7. The molecule has 1 rings (SSSR count). The van der Waals surface area contributed by atoms with E-state index in [9.17, 15) is 10.1 Å². The van der Waals surface area contributed by atoms with Crippen LogP contribution in [0.3, 0.4) is 0 Å². The SMILES string of the molecule is CC(C)NCCNc1ccccc1[N+](=O)[O-]. The number of nitro groups is 1. The number of hydrogen-bond donors (Lipinski definition) is 2. The van der Waals surface area contributed by atoms with Gasteiger partial charge in [0.1, 0.15) is 5.69 Å². The quantitative estimate of drug-likeness (QED) is 0.440. The summed E-state index contributed by atoms with van der Waals surface area (Å²) in [7, 11) is 0. The first-order valence-electron chi connectivity index (χ1n) is 5.32. The number of nitrogens with one attached hydrogen (secondary N) is 2. The van der Waals surface area contributed by atoms with Crippen LogP contribution in [-0.2, 0) is 0 Å². The van der Waals surface area contributed by atoms with Gasteiger partial charge in [-0.05, 0) is 6.07 Å². The van der Waals surface area contributed by atoms with Crippen LogP contribution < -0.4 is 10.6 Å². The fraction of sp³-hybridized carbons (Fsp3) is 0.455. The van der Waals surface area contributed by atoms with Gasteiger partial charge in [-0.25, -0.2) is 0 Å². The molecule has 0 aliphatic heterocycles. The minimum absolute atomic E-state index is 0.118. The fourth-order valence-corrected chi connectivity index (χ4v) is 1.34. The number of nitro benzene ring substituents is 1. The summed E-state index contributed by atoms with van der Waals surface area (Å²) < 4.78 is 0. The molecule has 0 heterocycles. The molecule has 0 aliphatic rings. The van der Waals surface area contributed by atoms with E-state index in [1.165, 1.54) is 6.07 Å². The molecule has 0 aliphatic carbocycles. The summed E-state index contributed by atoms with van der Waals surface area (Å²) in [6.07, 6.45) is 0. The summed E-state index contributed by atoms with van der Waals surface area (Å²) in [4.78, 5) is 10.3. The summed E-state index contributed by atoms with van der Waals surface area (Å²) in [6, 6.07) is 7.08. The highest BCUT2D eigenvalue weighted by Gasteiger charge is 2.10. The van der Waals surface area contributed by atoms with E-state index in [0.717, 1.165) is 6.54 Å². The maximum Gasteiger partial charge on any atom is 0.292 e. The number of rotatable bonds is 6. The number of nitrogens with zero attached hydrogens (tertiary/aromatic N) is 1.